The van der Waals surface area contributed by atoms with Crippen LogP contribution in [0.25, 0.3) is 0 Å². The maximum absolute atomic E-state index is 13.0. The summed E-state index contributed by atoms with van der Waals surface area (Å²) in [6.07, 6.45) is -0.907. The fourth-order valence-electron chi connectivity index (χ4n) is 3.30. The second kappa shape index (κ2) is 8.55. The van der Waals surface area contributed by atoms with Crippen molar-refractivity contribution in [3.8, 4) is 5.75 Å². The van der Waals surface area contributed by atoms with Crippen molar-refractivity contribution in [1.29, 1.82) is 0 Å². The molecule has 0 aromatic heterocycles. The van der Waals surface area contributed by atoms with E-state index < -0.39 is 29.7 Å². The molecule has 1 fully saturated rings. The molecule has 0 radical (unpaired) electrons. The van der Waals surface area contributed by atoms with E-state index >= 15 is 0 Å². The predicted octanol–water partition coefficient (Wildman–Crippen LogP) is 4.17. The van der Waals surface area contributed by atoms with Crippen molar-refractivity contribution in [2.45, 2.75) is 46.1 Å². The van der Waals surface area contributed by atoms with E-state index in [1.54, 1.807) is 7.11 Å². The maximum Gasteiger partial charge on any atom is 0.413 e. The van der Waals surface area contributed by atoms with Crippen LogP contribution in [0.5, 0.6) is 5.75 Å². The first-order valence-electron chi connectivity index (χ1n) is 9.62. The molecule has 0 N–H and O–H groups in total. The van der Waals surface area contributed by atoms with E-state index in [0.717, 1.165) is 16.9 Å². The van der Waals surface area contributed by atoms with Crippen LogP contribution in [-0.4, -0.2) is 36.3 Å². The normalized spacial score (nSPS) is 19.0. The fourth-order valence-corrected chi connectivity index (χ4v) is 3.30. The average molecular weight is 397 g/mol. The summed E-state index contributed by atoms with van der Waals surface area (Å²) in [4.78, 5) is 27.1. The van der Waals surface area contributed by atoms with E-state index in [4.69, 9.17) is 14.2 Å². The summed E-state index contributed by atoms with van der Waals surface area (Å²) in [5.74, 6) is 0.312. The number of esters is 1. The van der Waals surface area contributed by atoms with Gasteiger partial charge < -0.3 is 14.2 Å². The number of ether oxygens (including phenoxy) is 3. The molecule has 154 valence electrons. The number of carbonyl (C=O) groups is 2. The smallest absolute Gasteiger partial charge is 0.413 e. The van der Waals surface area contributed by atoms with Gasteiger partial charge in [0.2, 0.25) is 0 Å². The van der Waals surface area contributed by atoms with Crippen LogP contribution in [0.2, 0.25) is 0 Å². The first-order valence-corrected chi connectivity index (χ1v) is 9.62. The molecule has 1 aliphatic heterocycles. The molecule has 1 heterocycles. The molecule has 2 atom stereocenters. The van der Waals surface area contributed by atoms with Gasteiger partial charge in [0, 0.05) is 11.8 Å². The van der Waals surface area contributed by atoms with Gasteiger partial charge in [-0.25, -0.2) is 9.59 Å². The number of carbonyl (C=O) groups excluding carboxylic acids is 2. The molecule has 2 aromatic carbocycles. The first-order chi connectivity index (χ1) is 13.8. The molecule has 6 nitrogen and oxygen atoms in total. The number of rotatable bonds is 5. The summed E-state index contributed by atoms with van der Waals surface area (Å²) < 4.78 is 16.3. The van der Waals surface area contributed by atoms with Crippen molar-refractivity contribution in [2.75, 3.05) is 7.11 Å². The summed E-state index contributed by atoms with van der Waals surface area (Å²) in [7, 11) is 1.60. The van der Waals surface area contributed by atoms with Crippen molar-refractivity contribution in [2.24, 2.45) is 5.41 Å². The quantitative estimate of drug-likeness (QED) is 0.709. The lowest BCUT2D eigenvalue weighted by atomic mass is 9.93. The number of amides is 1. The third-order valence-corrected chi connectivity index (χ3v) is 4.83. The number of hydrogen-bond donors (Lipinski definition) is 0. The standard InChI is InChI=1S/C23H27NO5/c1-23(2,3)21-24(22(26)28-15-17-8-6-5-7-9-17)19(20(25)29-21)14-16-10-12-18(27-4)13-11-16/h5-13,19,21H,14-15H2,1-4H3/t19-,21+/m1/s1. The highest BCUT2D eigenvalue weighted by atomic mass is 16.6. The summed E-state index contributed by atoms with van der Waals surface area (Å²) in [6, 6.07) is 16.1. The number of hydrogen-bond acceptors (Lipinski definition) is 5. The van der Waals surface area contributed by atoms with Crippen LogP contribution in [0.1, 0.15) is 31.9 Å². The van der Waals surface area contributed by atoms with Crippen molar-refractivity contribution in [1.82, 2.24) is 4.90 Å². The zero-order chi connectivity index (χ0) is 21.0. The van der Waals surface area contributed by atoms with Gasteiger partial charge >= 0.3 is 12.1 Å². The van der Waals surface area contributed by atoms with E-state index in [1.807, 2.05) is 75.4 Å². The van der Waals surface area contributed by atoms with Gasteiger partial charge in [-0.05, 0) is 23.3 Å². The Morgan fingerprint density at radius 1 is 1.03 bits per heavy atom. The van der Waals surface area contributed by atoms with Crippen molar-refractivity contribution >= 4 is 12.1 Å². The lowest BCUT2D eigenvalue weighted by Gasteiger charge is -2.33. The van der Waals surface area contributed by atoms with Gasteiger partial charge in [0.15, 0.2) is 6.23 Å². The Hall–Kier alpha value is -3.02. The van der Waals surface area contributed by atoms with E-state index in [9.17, 15) is 9.59 Å². The molecule has 6 heteroatoms. The molecule has 1 saturated heterocycles. The van der Waals surface area contributed by atoms with Crippen LogP contribution in [0.4, 0.5) is 4.79 Å². The molecule has 0 unspecified atom stereocenters. The monoisotopic (exact) mass is 397 g/mol. The molecule has 1 aliphatic rings. The summed E-state index contributed by atoms with van der Waals surface area (Å²) >= 11 is 0. The highest BCUT2D eigenvalue weighted by molar-refractivity contribution is 5.85. The number of nitrogens with zero attached hydrogens (tertiary/aromatic N) is 1. The van der Waals surface area contributed by atoms with E-state index in [1.165, 1.54) is 4.90 Å². The van der Waals surface area contributed by atoms with Crippen LogP contribution < -0.4 is 4.74 Å². The topological polar surface area (TPSA) is 65.1 Å². The Morgan fingerprint density at radius 3 is 2.28 bits per heavy atom. The molecule has 3 rings (SSSR count). The molecule has 0 spiro atoms. The van der Waals surface area contributed by atoms with Crippen LogP contribution >= 0.6 is 0 Å². The number of benzene rings is 2. The minimum absolute atomic E-state index is 0.135. The summed E-state index contributed by atoms with van der Waals surface area (Å²) in [5.41, 5.74) is 1.34. The third-order valence-electron chi connectivity index (χ3n) is 4.83. The number of cyclic esters (lactones) is 1. The Bertz CT molecular complexity index is 842. The van der Waals surface area contributed by atoms with Crippen LogP contribution in [-0.2, 0) is 27.3 Å². The van der Waals surface area contributed by atoms with E-state index in [0.29, 0.717) is 6.42 Å². The van der Waals surface area contributed by atoms with E-state index in [2.05, 4.69) is 0 Å². The second-order valence-electron chi connectivity index (χ2n) is 8.17. The van der Waals surface area contributed by atoms with Gasteiger partial charge in [-0.3, -0.25) is 4.90 Å². The van der Waals surface area contributed by atoms with Crippen molar-refractivity contribution < 1.29 is 23.8 Å². The van der Waals surface area contributed by atoms with Gasteiger partial charge in [-0.2, -0.15) is 0 Å². The lowest BCUT2D eigenvalue weighted by molar-refractivity contribution is -0.147. The predicted molar refractivity (Wildman–Crippen MR) is 108 cm³/mol. The molecule has 0 saturated carbocycles. The highest BCUT2D eigenvalue weighted by Gasteiger charge is 2.50. The molecule has 2 aromatic rings. The Kier molecular flexibility index (Phi) is 6.11. The largest absolute Gasteiger partial charge is 0.497 e. The molecule has 1 amide bonds. The molecule has 0 bridgehead atoms. The first kappa shape index (κ1) is 20.7. The Morgan fingerprint density at radius 2 is 1.69 bits per heavy atom. The molecule has 0 aliphatic carbocycles. The molecular formula is C23H27NO5. The van der Waals surface area contributed by atoms with Gasteiger partial charge in [0.1, 0.15) is 18.4 Å². The highest BCUT2D eigenvalue weighted by Crippen LogP contribution is 2.34. The summed E-state index contributed by atoms with van der Waals surface area (Å²) in [6.45, 7) is 5.92. The van der Waals surface area contributed by atoms with Gasteiger partial charge in [-0.15, -0.1) is 0 Å². The van der Waals surface area contributed by atoms with Crippen molar-refractivity contribution in [3.05, 3.63) is 65.7 Å². The molecular weight excluding hydrogens is 370 g/mol. The zero-order valence-corrected chi connectivity index (χ0v) is 17.3. The maximum atomic E-state index is 13.0. The Balaban J connectivity index is 1.80. The second-order valence-corrected chi connectivity index (χ2v) is 8.17. The Labute approximate surface area is 171 Å². The van der Waals surface area contributed by atoms with Crippen LogP contribution in [0, 0.1) is 5.41 Å². The summed E-state index contributed by atoms with van der Waals surface area (Å²) in [5, 5.41) is 0. The van der Waals surface area contributed by atoms with Gasteiger partial charge in [-0.1, -0.05) is 63.2 Å². The van der Waals surface area contributed by atoms with Crippen LogP contribution in [0.15, 0.2) is 54.6 Å². The van der Waals surface area contributed by atoms with Gasteiger partial charge in [0.05, 0.1) is 7.11 Å². The minimum Gasteiger partial charge on any atom is -0.497 e. The van der Waals surface area contributed by atoms with Crippen LogP contribution in [0.3, 0.4) is 0 Å². The SMILES string of the molecule is COc1ccc(C[C@@H]2C(=O)O[C@@H](C(C)(C)C)N2C(=O)OCc2ccccc2)cc1. The minimum atomic E-state index is -0.740. The third kappa shape index (κ3) is 4.88. The van der Waals surface area contributed by atoms with E-state index in [-0.39, 0.29) is 6.61 Å². The number of methoxy groups -OCH3 is 1. The van der Waals surface area contributed by atoms with Crippen molar-refractivity contribution in [3.63, 3.8) is 0 Å². The van der Waals surface area contributed by atoms with Gasteiger partial charge in [0.25, 0.3) is 0 Å². The zero-order valence-electron chi connectivity index (χ0n) is 17.3. The molecule has 29 heavy (non-hydrogen) atoms. The average Bonchev–Trinajstić information content (AvgIpc) is 3.04. The fraction of sp³-hybridized carbons (Fsp3) is 0.391. The lowest BCUT2D eigenvalue weighted by Crippen LogP contribution is -2.48.